The third kappa shape index (κ3) is 3.77. The van der Waals surface area contributed by atoms with Gasteiger partial charge in [0.05, 0.1) is 29.5 Å². The second kappa shape index (κ2) is 7.62. The Kier molecular flexibility index (Phi) is 5.25. The SMILES string of the molecule is CN(C)Cc1cc(NC2CCCC2)c2[nH]c(C3=N[C@H](CO)CS3)cc2c1. The van der Waals surface area contributed by atoms with Gasteiger partial charge in [0.2, 0.25) is 0 Å². The monoisotopic (exact) mass is 372 g/mol. The Morgan fingerprint density at radius 3 is 2.77 bits per heavy atom. The Hall–Kier alpha value is -1.50. The second-order valence-corrected chi connectivity index (χ2v) is 8.74. The van der Waals surface area contributed by atoms with Crippen LogP contribution in [-0.4, -0.2) is 58.6 Å². The highest BCUT2D eigenvalue weighted by molar-refractivity contribution is 8.14. The molecule has 5 nitrogen and oxygen atoms in total. The number of aromatic nitrogens is 1. The van der Waals surface area contributed by atoms with Crippen LogP contribution in [0.3, 0.4) is 0 Å². The average molecular weight is 373 g/mol. The van der Waals surface area contributed by atoms with Crippen LogP contribution < -0.4 is 5.32 Å². The first-order valence-electron chi connectivity index (χ1n) is 9.51. The molecular formula is C20H28N4OS. The summed E-state index contributed by atoms with van der Waals surface area (Å²) in [5.74, 6) is 0.861. The van der Waals surface area contributed by atoms with Crippen molar-refractivity contribution in [3.05, 3.63) is 29.5 Å². The van der Waals surface area contributed by atoms with Crippen molar-refractivity contribution in [2.24, 2.45) is 4.99 Å². The van der Waals surface area contributed by atoms with Crippen LogP contribution in [0, 0.1) is 0 Å². The van der Waals surface area contributed by atoms with Gasteiger partial charge < -0.3 is 20.3 Å². The van der Waals surface area contributed by atoms with Crippen molar-refractivity contribution >= 4 is 33.4 Å². The molecule has 2 aromatic rings. The number of aliphatic hydroxyl groups excluding tert-OH is 1. The van der Waals surface area contributed by atoms with Gasteiger partial charge in [-0.1, -0.05) is 12.8 Å². The van der Waals surface area contributed by atoms with E-state index in [1.54, 1.807) is 11.8 Å². The molecule has 1 atom stereocenters. The predicted octanol–water partition coefficient (Wildman–Crippen LogP) is 3.44. The molecule has 0 radical (unpaired) electrons. The molecule has 1 fully saturated rings. The fourth-order valence-electron chi connectivity index (χ4n) is 3.94. The fourth-order valence-corrected chi connectivity index (χ4v) is 4.96. The number of fused-ring (bicyclic) bond motifs is 1. The lowest BCUT2D eigenvalue weighted by Crippen LogP contribution is -2.16. The van der Waals surface area contributed by atoms with Crippen molar-refractivity contribution in [1.82, 2.24) is 9.88 Å². The Morgan fingerprint density at radius 1 is 1.27 bits per heavy atom. The number of nitrogens with one attached hydrogen (secondary N) is 2. The summed E-state index contributed by atoms with van der Waals surface area (Å²) in [6.07, 6.45) is 5.16. The van der Waals surface area contributed by atoms with Gasteiger partial charge in [0, 0.05) is 23.7 Å². The van der Waals surface area contributed by atoms with E-state index < -0.39 is 0 Å². The zero-order chi connectivity index (χ0) is 18.1. The zero-order valence-electron chi connectivity index (χ0n) is 15.6. The quantitative estimate of drug-likeness (QED) is 0.727. The number of aliphatic imine (C=N–C) groups is 1. The number of aliphatic hydroxyl groups is 1. The fraction of sp³-hybridized carbons (Fsp3) is 0.550. The first-order valence-corrected chi connectivity index (χ1v) is 10.5. The van der Waals surface area contributed by atoms with Crippen LogP contribution in [0.4, 0.5) is 5.69 Å². The lowest BCUT2D eigenvalue weighted by molar-refractivity contribution is 0.277. The van der Waals surface area contributed by atoms with Crippen LogP contribution in [0.15, 0.2) is 23.2 Å². The summed E-state index contributed by atoms with van der Waals surface area (Å²) in [5, 5.41) is 15.4. The molecular weight excluding hydrogens is 344 g/mol. The zero-order valence-corrected chi connectivity index (χ0v) is 16.4. The lowest BCUT2D eigenvalue weighted by atomic mass is 10.1. The number of aromatic amines is 1. The number of hydrogen-bond donors (Lipinski definition) is 3. The number of thioether (sulfide) groups is 1. The molecule has 1 aromatic carbocycles. The van der Waals surface area contributed by atoms with Gasteiger partial charge in [-0.25, -0.2) is 0 Å². The highest BCUT2D eigenvalue weighted by Crippen LogP contribution is 2.32. The van der Waals surface area contributed by atoms with E-state index >= 15 is 0 Å². The molecule has 140 valence electrons. The molecule has 2 heterocycles. The van der Waals surface area contributed by atoms with E-state index in [0.717, 1.165) is 23.0 Å². The number of benzene rings is 1. The Balaban J connectivity index is 1.71. The largest absolute Gasteiger partial charge is 0.394 e. The van der Waals surface area contributed by atoms with Crippen LogP contribution in [0.5, 0.6) is 0 Å². The number of rotatable bonds is 6. The third-order valence-corrected chi connectivity index (χ3v) is 6.31. The van der Waals surface area contributed by atoms with Crippen LogP contribution in [0.2, 0.25) is 0 Å². The molecule has 4 rings (SSSR count). The standard InChI is InChI=1S/C20H28N4OS/c1-24(2)10-13-7-14-9-18(20-22-16(11-25)12-26-20)23-19(14)17(8-13)21-15-5-3-4-6-15/h7-9,15-16,21,23,25H,3-6,10-12H2,1-2H3/t16-/m1/s1. The number of anilines is 1. The summed E-state index contributed by atoms with van der Waals surface area (Å²) < 4.78 is 0. The van der Waals surface area contributed by atoms with Gasteiger partial charge in [-0.3, -0.25) is 4.99 Å². The molecule has 0 amide bonds. The van der Waals surface area contributed by atoms with E-state index in [0.29, 0.717) is 6.04 Å². The van der Waals surface area contributed by atoms with Gasteiger partial charge in [0.1, 0.15) is 5.04 Å². The maximum Gasteiger partial charge on any atom is 0.115 e. The van der Waals surface area contributed by atoms with Gasteiger partial charge in [-0.05, 0) is 50.7 Å². The summed E-state index contributed by atoms with van der Waals surface area (Å²) in [4.78, 5) is 10.4. The molecule has 0 bridgehead atoms. The molecule has 26 heavy (non-hydrogen) atoms. The molecule has 6 heteroatoms. The smallest absolute Gasteiger partial charge is 0.115 e. The first-order chi connectivity index (χ1) is 12.6. The molecule has 3 N–H and O–H groups in total. The van der Waals surface area contributed by atoms with Gasteiger partial charge in [0.15, 0.2) is 0 Å². The Bertz CT molecular complexity index is 807. The second-order valence-electron chi connectivity index (χ2n) is 7.74. The maximum atomic E-state index is 9.35. The lowest BCUT2D eigenvalue weighted by Gasteiger charge is -2.17. The van der Waals surface area contributed by atoms with Gasteiger partial charge >= 0.3 is 0 Å². The van der Waals surface area contributed by atoms with Crippen LogP contribution in [0.25, 0.3) is 10.9 Å². The minimum absolute atomic E-state index is 0.0294. The van der Waals surface area contributed by atoms with Crippen molar-refractivity contribution in [3.8, 4) is 0 Å². The van der Waals surface area contributed by atoms with E-state index in [1.165, 1.54) is 47.8 Å². The van der Waals surface area contributed by atoms with Crippen molar-refractivity contribution in [2.45, 2.75) is 44.3 Å². The molecule has 0 saturated heterocycles. The minimum Gasteiger partial charge on any atom is -0.394 e. The Morgan fingerprint density at radius 2 is 2.08 bits per heavy atom. The third-order valence-electron chi connectivity index (χ3n) is 5.16. The van der Waals surface area contributed by atoms with E-state index in [4.69, 9.17) is 0 Å². The molecule has 1 aliphatic heterocycles. The van der Waals surface area contributed by atoms with Crippen molar-refractivity contribution in [1.29, 1.82) is 0 Å². The molecule has 2 aliphatic rings. The van der Waals surface area contributed by atoms with Crippen molar-refractivity contribution < 1.29 is 5.11 Å². The summed E-state index contributed by atoms with van der Waals surface area (Å²) in [6.45, 7) is 1.05. The van der Waals surface area contributed by atoms with E-state index in [-0.39, 0.29) is 12.6 Å². The van der Waals surface area contributed by atoms with Crippen LogP contribution >= 0.6 is 11.8 Å². The summed E-state index contributed by atoms with van der Waals surface area (Å²) in [7, 11) is 4.21. The highest BCUT2D eigenvalue weighted by atomic mass is 32.2. The topological polar surface area (TPSA) is 63.7 Å². The molecule has 1 aromatic heterocycles. The van der Waals surface area contributed by atoms with E-state index in [9.17, 15) is 5.11 Å². The normalized spacial score (nSPS) is 21.1. The van der Waals surface area contributed by atoms with Crippen molar-refractivity contribution in [3.63, 3.8) is 0 Å². The maximum absolute atomic E-state index is 9.35. The number of hydrogen-bond acceptors (Lipinski definition) is 5. The molecule has 1 aliphatic carbocycles. The van der Waals surface area contributed by atoms with Crippen LogP contribution in [-0.2, 0) is 6.54 Å². The van der Waals surface area contributed by atoms with E-state index in [2.05, 4.69) is 52.5 Å². The van der Waals surface area contributed by atoms with E-state index in [1.807, 2.05) is 0 Å². The minimum atomic E-state index is 0.0294. The van der Waals surface area contributed by atoms with Gasteiger partial charge in [-0.15, -0.1) is 11.8 Å². The summed E-state index contributed by atoms with van der Waals surface area (Å²) in [6, 6.07) is 7.39. The average Bonchev–Trinajstić information content (AvgIpc) is 3.34. The highest BCUT2D eigenvalue weighted by Gasteiger charge is 2.22. The van der Waals surface area contributed by atoms with Gasteiger partial charge in [-0.2, -0.15) is 0 Å². The predicted molar refractivity (Wildman–Crippen MR) is 111 cm³/mol. The number of H-pyrrole nitrogens is 1. The van der Waals surface area contributed by atoms with Gasteiger partial charge in [0.25, 0.3) is 0 Å². The molecule has 0 unspecified atom stereocenters. The summed E-state index contributed by atoms with van der Waals surface area (Å²) >= 11 is 1.73. The molecule has 1 saturated carbocycles. The first kappa shape index (κ1) is 17.9. The van der Waals surface area contributed by atoms with Crippen molar-refractivity contribution in [2.75, 3.05) is 31.8 Å². The Labute approximate surface area is 159 Å². The number of nitrogens with zero attached hydrogens (tertiary/aromatic N) is 2. The summed E-state index contributed by atoms with van der Waals surface area (Å²) in [5.41, 5.74) is 4.77. The molecule has 0 spiro atoms. The van der Waals surface area contributed by atoms with Crippen LogP contribution in [0.1, 0.15) is 36.9 Å².